The average molecular weight is 366 g/mol. The van der Waals surface area contributed by atoms with Crippen molar-refractivity contribution in [3.05, 3.63) is 72.2 Å². The molecule has 0 bridgehead atoms. The van der Waals surface area contributed by atoms with Gasteiger partial charge in [0.2, 0.25) is 5.91 Å². The second-order valence-electron chi connectivity index (χ2n) is 5.96. The minimum atomic E-state index is 0.0585. The molecule has 3 aromatic rings. The van der Waals surface area contributed by atoms with Gasteiger partial charge in [-0.3, -0.25) is 14.5 Å². The van der Waals surface area contributed by atoms with Crippen molar-refractivity contribution in [3.8, 4) is 11.3 Å². The number of carbonyl (C=O) groups excluding carboxylic acids is 1. The summed E-state index contributed by atoms with van der Waals surface area (Å²) in [7, 11) is 0. The molecule has 0 unspecified atom stereocenters. The first-order valence-electron chi connectivity index (χ1n) is 8.55. The maximum atomic E-state index is 12.0. The molecule has 5 nitrogen and oxygen atoms in total. The van der Waals surface area contributed by atoms with E-state index in [2.05, 4.69) is 27.5 Å². The predicted octanol–water partition coefficient (Wildman–Crippen LogP) is 3.30. The Morgan fingerprint density at radius 3 is 2.81 bits per heavy atom. The number of hydrogen-bond donors (Lipinski definition) is 1. The van der Waals surface area contributed by atoms with Gasteiger partial charge in [0, 0.05) is 35.9 Å². The Kier molecular flexibility index (Phi) is 6.44. The predicted molar refractivity (Wildman–Crippen MR) is 106 cm³/mol. The van der Waals surface area contributed by atoms with Crippen molar-refractivity contribution in [1.29, 1.82) is 0 Å². The Balaban J connectivity index is 1.42. The second-order valence-corrected chi connectivity index (χ2v) is 6.95. The van der Waals surface area contributed by atoms with Crippen molar-refractivity contribution in [2.45, 2.75) is 19.2 Å². The number of pyridine rings is 1. The molecule has 3 rings (SSSR count). The van der Waals surface area contributed by atoms with Crippen molar-refractivity contribution < 1.29 is 4.79 Å². The maximum Gasteiger partial charge on any atom is 0.230 e. The van der Waals surface area contributed by atoms with Gasteiger partial charge in [-0.25, -0.2) is 0 Å². The monoisotopic (exact) mass is 366 g/mol. The summed E-state index contributed by atoms with van der Waals surface area (Å²) < 4.78 is 1.92. The number of nitrogens with zero attached hydrogens (tertiary/aromatic N) is 3. The van der Waals surface area contributed by atoms with Crippen LogP contribution in [0.25, 0.3) is 11.3 Å². The fraction of sp³-hybridized carbons (Fsp3) is 0.250. The van der Waals surface area contributed by atoms with Crippen LogP contribution in [0.3, 0.4) is 0 Å². The Morgan fingerprint density at radius 1 is 1.19 bits per heavy atom. The van der Waals surface area contributed by atoms with Gasteiger partial charge in [-0.1, -0.05) is 30.3 Å². The Labute approximate surface area is 157 Å². The van der Waals surface area contributed by atoms with Crippen LogP contribution < -0.4 is 5.32 Å². The molecular weight excluding hydrogens is 344 g/mol. The van der Waals surface area contributed by atoms with E-state index >= 15 is 0 Å². The summed E-state index contributed by atoms with van der Waals surface area (Å²) >= 11 is 1.62. The molecule has 26 heavy (non-hydrogen) atoms. The van der Waals surface area contributed by atoms with E-state index in [-0.39, 0.29) is 5.91 Å². The molecule has 1 aromatic carbocycles. The van der Waals surface area contributed by atoms with Gasteiger partial charge in [0.15, 0.2) is 0 Å². The summed E-state index contributed by atoms with van der Waals surface area (Å²) in [6, 6.07) is 16.1. The van der Waals surface area contributed by atoms with Crippen molar-refractivity contribution in [1.82, 2.24) is 20.1 Å². The van der Waals surface area contributed by atoms with Crippen LogP contribution in [0, 0.1) is 6.92 Å². The molecule has 0 radical (unpaired) electrons. The van der Waals surface area contributed by atoms with Crippen molar-refractivity contribution in [2.24, 2.45) is 0 Å². The highest BCUT2D eigenvalue weighted by atomic mass is 32.2. The Morgan fingerprint density at radius 2 is 2.04 bits per heavy atom. The second kappa shape index (κ2) is 9.20. The molecule has 0 fully saturated rings. The lowest BCUT2D eigenvalue weighted by atomic mass is 10.2. The summed E-state index contributed by atoms with van der Waals surface area (Å²) in [5, 5.41) is 7.56. The zero-order valence-corrected chi connectivity index (χ0v) is 15.6. The molecule has 0 aliphatic rings. The first kappa shape index (κ1) is 18.2. The van der Waals surface area contributed by atoms with E-state index in [9.17, 15) is 4.79 Å². The molecule has 1 N–H and O–H groups in total. The fourth-order valence-corrected chi connectivity index (χ4v) is 3.40. The summed E-state index contributed by atoms with van der Waals surface area (Å²) in [4.78, 5) is 16.1. The van der Waals surface area contributed by atoms with Gasteiger partial charge in [0.25, 0.3) is 0 Å². The van der Waals surface area contributed by atoms with Crippen LogP contribution in [-0.4, -0.2) is 33.0 Å². The highest BCUT2D eigenvalue weighted by Crippen LogP contribution is 2.17. The largest absolute Gasteiger partial charge is 0.354 e. The van der Waals surface area contributed by atoms with Gasteiger partial charge in [0.05, 0.1) is 18.0 Å². The topological polar surface area (TPSA) is 59.8 Å². The highest BCUT2D eigenvalue weighted by Gasteiger charge is 2.07. The summed E-state index contributed by atoms with van der Waals surface area (Å²) in [6.07, 6.45) is 3.55. The van der Waals surface area contributed by atoms with Crippen LogP contribution in [0.15, 0.2) is 60.9 Å². The first-order chi connectivity index (χ1) is 12.7. The van der Waals surface area contributed by atoms with Gasteiger partial charge >= 0.3 is 0 Å². The Hall–Kier alpha value is -2.60. The van der Waals surface area contributed by atoms with Crippen LogP contribution in [0.2, 0.25) is 0 Å². The van der Waals surface area contributed by atoms with E-state index < -0.39 is 0 Å². The Bertz CT molecular complexity index is 834. The number of rotatable bonds is 8. The van der Waals surface area contributed by atoms with Crippen LogP contribution >= 0.6 is 11.8 Å². The molecule has 0 aliphatic heterocycles. The van der Waals surface area contributed by atoms with Crippen LogP contribution in [0.5, 0.6) is 0 Å². The van der Waals surface area contributed by atoms with Gasteiger partial charge in [0.1, 0.15) is 0 Å². The molecule has 1 amide bonds. The zero-order chi connectivity index (χ0) is 18.2. The number of benzene rings is 1. The fourth-order valence-electron chi connectivity index (χ4n) is 2.58. The standard InChI is InChI=1S/C20H22N4OS/c1-16-12-19(18-8-5-9-21-13-18)23-24(16)11-10-22-20(25)15-26-14-17-6-3-2-4-7-17/h2-9,12-13H,10-11,14-15H2,1H3,(H,22,25). The van der Waals surface area contributed by atoms with E-state index in [1.165, 1.54) is 5.56 Å². The van der Waals surface area contributed by atoms with Crippen molar-refractivity contribution in [3.63, 3.8) is 0 Å². The lowest BCUT2D eigenvalue weighted by Gasteiger charge is -2.07. The maximum absolute atomic E-state index is 12.0. The van der Waals surface area contributed by atoms with Gasteiger partial charge in [-0.05, 0) is 30.7 Å². The first-order valence-corrected chi connectivity index (χ1v) is 9.71. The number of thioether (sulfide) groups is 1. The minimum absolute atomic E-state index is 0.0585. The smallest absolute Gasteiger partial charge is 0.230 e. The zero-order valence-electron chi connectivity index (χ0n) is 14.8. The van der Waals surface area contributed by atoms with Crippen LogP contribution in [0.4, 0.5) is 0 Å². The van der Waals surface area contributed by atoms with Gasteiger partial charge < -0.3 is 5.32 Å². The summed E-state index contributed by atoms with van der Waals surface area (Å²) in [5.74, 6) is 1.37. The van der Waals surface area contributed by atoms with E-state index in [0.717, 1.165) is 22.7 Å². The third-order valence-corrected chi connectivity index (χ3v) is 4.93. The van der Waals surface area contributed by atoms with E-state index in [1.807, 2.05) is 48.0 Å². The number of hydrogen-bond acceptors (Lipinski definition) is 4. The van der Waals surface area contributed by atoms with E-state index in [1.54, 1.807) is 24.2 Å². The third kappa shape index (κ3) is 5.20. The lowest BCUT2D eigenvalue weighted by Crippen LogP contribution is -2.29. The normalized spacial score (nSPS) is 10.7. The molecular formula is C20H22N4OS. The quantitative estimate of drug-likeness (QED) is 0.664. The molecule has 0 saturated heterocycles. The van der Waals surface area contributed by atoms with Crippen molar-refractivity contribution >= 4 is 17.7 Å². The lowest BCUT2D eigenvalue weighted by molar-refractivity contribution is -0.118. The third-order valence-electron chi connectivity index (χ3n) is 3.93. The van der Waals surface area contributed by atoms with E-state index in [4.69, 9.17) is 0 Å². The molecule has 0 spiro atoms. The molecule has 0 atom stereocenters. The number of nitrogens with one attached hydrogen (secondary N) is 1. The minimum Gasteiger partial charge on any atom is -0.354 e. The van der Waals surface area contributed by atoms with Gasteiger partial charge in [-0.2, -0.15) is 5.10 Å². The van der Waals surface area contributed by atoms with Crippen LogP contribution in [0.1, 0.15) is 11.3 Å². The SMILES string of the molecule is Cc1cc(-c2cccnc2)nn1CCNC(=O)CSCc1ccccc1. The average Bonchev–Trinajstić information content (AvgIpc) is 3.04. The molecule has 0 saturated carbocycles. The number of aryl methyl sites for hydroxylation is 1. The number of amides is 1. The molecule has 0 aliphatic carbocycles. The van der Waals surface area contributed by atoms with Crippen molar-refractivity contribution in [2.75, 3.05) is 12.3 Å². The number of carbonyl (C=O) groups is 1. The molecule has 2 aromatic heterocycles. The van der Waals surface area contributed by atoms with Gasteiger partial charge in [-0.15, -0.1) is 11.8 Å². The molecule has 2 heterocycles. The molecule has 6 heteroatoms. The number of aromatic nitrogens is 3. The molecule has 134 valence electrons. The summed E-state index contributed by atoms with van der Waals surface area (Å²) in [6.45, 7) is 3.24. The highest BCUT2D eigenvalue weighted by molar-refractivity contribution is 7.99. The summed E-state index contributed by atoms with van der Waals surface area (Å²) in [5.41, 5.74) is 4.20. The van der Waals surface area contributed by atoms with Crippen LogP contribution in [-0.2, 0) is 17.1 Å². The van der Waals surface area contributed by atoms with E-state index in [0.29, 0.717) is 18.8 Å².